The fourth-order valence-electron chi connectivity index (χ4n) is 7.67. The van der Waals surface area contributed by atoms with Crippen molar-refractivity contribution in [3.63, 3.8) is 0 Å². The highest BCUT2D eigenvalue weighted by atomic mass is 14.2. The van der Waals surface area contributed by atoms with Crippen LogP contribution in [0.4, 0.5) is 0 Å². The minimum Gasteiger partial charge on any atom is -0.0654 e. The molecule has 0 saturated heterocycles. The predicted octanol–water partition coefficient (Wildman–Crippen LogP) is 15.1. The molecule has 242 valence electrons. The average molecular weight is 595 g/mol. The first-order chi connectivity index (χ1) is 21.8. The van der Waals surface area contributed by atoms with Crippen molar-refractivity contribution in [2.75, 3.05) is 0 Å². The molecular formula is C44H66. The zero-order valence-electron chi connectivity index (χ0n) is 29.0. The maximum absolute atomic E-state index is 2.42. The Kier molecular flexibility index (Phi) is 16.5. The van der Waals surface area contributed by atoms with Crippen LogP contribution in [0.15, 0.2) is 48.5 Å². The van der Waals surface area contributed by atoms with Gasteiger partial charge >= 0.3 is 0 Å². The van der Waals surface area contributed by atoms with Gasteiger partial charge in [0, 0.05) is 0 Å². The van der Waals surface area contributed by atoms with E-state index in [1.54, 1.807) is 11.1 Å². The maximum atomic E-state index is 2.42. The van der Waals surface area contributed by atoms with Gasteiger partial charge in [0.15, 0.2) is 0 Å². The van der Waals surface area contributed by atoms with Gasteiger partial charge in [-0.05, 0) is 69.1 Å². The van der Waals surface area contributed by atoms with E-state index in [0.717, 1.165) is 0 Å². The lowest BCUT2D eigenvalue weighted by Gasteiger charge is -2.16. The Morgan fingerprint density at radius 3 is 0.886 bits per heavy atom. The molecule has 0 nitrogen and oxygen atoms in total. The molecular weight excluding hydrogens is 528 g/mol. The topological polar surface area (TPSA) is 0 Å². The van der Waals surface area contributed by atoms with E-state index in [2.05, 4.69) is 62.4 Å². The lowest BCUT2D eigenvalue weighted by Crippen LogP contribution is -1.94. The Labute approximate surface area is 272 Å². The van der Waals surface area contributed by atoms with Crippen molar-refractivity contribution in [1.82, 2.24) is 0 Å². The van der Waals surface area contributed by atoms with Crippen LogP contribution in [0.5, 0.6) is 0 Å². The van der Waals surface area contributed by atoms with Crippen LogP contribution in [0.2, 0.25) is 0 Å². The van der Waals surface area contributed by atoms with E-state index in [-0.39, 0.29) is 0 Å². The maximum Gasteiger partial charge on any atom is -0.00239 e. The van der Waals surface area contributed by atoms with Crippen LogP contribution in [-0.4, -0.2) is 0 Å². The van der Waals surface area contributed by atoms with Gasteiger partial charge < -0.3 is 0 Å². The summed E-state index contributed by atoms with van der Waals surface area (Å²) >= 11 is 0. The number of hydrogen-bond acceptors (Lipinski definition) is 0. The Balaban J connectivity index is 1.21. The quantitative estimate of drug-likeness (QED) is 0.0501. The molecule has 0 fully saturated rings. The molecule has 0 bridgehead atoms. The molecule has 0 aliphatic rings. The van der Waals surface area contributed by atoms with Crippen LogP contribution >= 0.6 is 0 Å². The largest absolute Gasteiger partial charge is 0.0654 e. The van der Waals surface area contributed by atoms with Crippen molar-refractivity contribution in [3.8, 4) is 0 Å². The molecule has 0 atom stereocenters. The second-order valence-electron chi connectivity index (χ2n) is 14.2. The third-order valence-electron chi connectivity index (χ3n) is 10.4. The number of hydrogen-bond donors (Lipinski definition) is 0. The second-order valence-corrected chi connectivity index (χ2v) is 14.2. The van der Waals surface area contributed by atoms with Gasteiger partial charge in [0.1, 0.15) is 0 Å². The summed E-state index contributed by atoms with van der Waals surface area (Å²) in [7, 11) is 0. The van der Waals surface area contributed by atoms with Gasteiger partial charge in [-0.25, -0.2) is 0 Å². The summed E-state index contributed by atoms with van der Waals surface area (Å²) in [5.41, 5.74) is 3.12. The van der Waals surface area contributed by atoms with Crippen LogP contribution in [-0.2, 0) is 12.8 Å². The standard InChI is InChI=1S/C44H66/c1-3-5-7-9-11-13-15-17-19-21-23-25-27-37-29-31-39-34-36-42-38(30-32-40-33-35-41(37)43(39)44(40)42)28-26-24-22-20-18-16-14-12-10-8-6-4-2/h29-36H,3-28H2,1-2H3. The van der Waals surface area contributed by atoms with Crippen molar-refractivity contribution in [2.24, 2.45) is 0 Å². The second kappa shape index (κ2) is 20.9. The summed E-state index contributed by atoms with van der Waals surface area (Å²) in [5.74, 6) is 0. The normalized spacial score (nSPS) is 12.0. The van der Waals surface area contributed by atoms with E-state index < -0.39 is 0 Å². The molecule has 0 unspecified atom stereocenters. The number of rotatable bonds is 26. The smallest absolute Gasteiger partial charge is 0.00239 e. The van der Waals surface area contributed by atoms with Crippen molar-refractivity contribution in [2.45, 2.75) is 181 Å². The first kappa shape index (κ1) is 34.8. The minimum atomic E-state index is 1.22. The van der Waals surface area contributed by atoms with E-state index >= 15 is 0 Å². The molecule has 0 heteroatoms. The molecule has 4 aromatic carbocycles. The average Bonchev–Trinajstić information content (AvgIpc) is 3.05. The number of unbranched alkanes of at least 4 members (excludes halogenated alkanes) is 22. The van der Waals surface area contributed by atoms with Gasteiger partial charge in [-0.1, -0.05) is 204 Å². The van der Waals surface area contributed by atoms with Crippen LogP contribution < -0.4 is 0 Å². The van der Waals surface area contributed by atoms with Gasteiger partial charge in [0.05, 0.1) is 0 Å². The lowest BCUT2D eigenvalue weighted by molar-refractivity contribution is 0.544. The fourth-order valence-corrected chi connectivity index (χ4v) is 7.67. The minimum absolute atomic E-state index is 1.22. The Bertz CT molecular complexity index is 1190. The van der Waals surface area contributed by atoms with Gasteiger partial charge in [0.25, 0.3) is 0 Å². The van der Waals surface area contributed by atoms with Gasteiger partial charge in [0.2, 0.25) is 0 Å². The van der Waals surface area contributed by atoms with Crippen LogP contribution in [0, 0.1) is 0 Å². The zero-order chi connectivity index (χ0) is 30.7. The lowest BCUT2D eigenvalue weighted by atomic mass is 9.88. The van der Waals surface area contributed by atoms with E-state index in [0.29, 0.717) is 0 Å². The molecule has 0 aromatic heterocycles. The fraction of sp³-hybridized carbons (Fsp3) is 0.636. The van der Waals surface area contributed by atoms with Gasteiger partial charge in [-0.3, -0.25) is 0 Å². The highest BCUT2D eigenvalue weighted by Crippen LogP contribution is 2.38. The molecule has 4 rings (SSSR count). The zero-order valence-corrected chi connectivity index (χ0v) is 29.0. The van der Waals surface area contributed by atoms with Crippen LogP contribution in [0.25, 0.3) is 32.3 Å². The third-order valence-corrected chi connectivity index (χ3v) is 10.4. The van der Waals surface area contributed by atoms with Crippen molar-refractivity contribution < 1.29 is 0 Å². The summed E-state index contributed by atoms with van der Waals surface area (Å²) in [6.07, 6.45) is 36.4. The van der Waals surface area contributed by atoms with E-state index in [4.69, 9.17) is 0 Å². The van der Waals surface area contributed by atoms with E-state index in [1.165, 1.54) is 199 Å². The molecule has 0 saturated carbocycles. The summed E-state index contributed by atoms with van der Waals surface area (Å²) in [6, 6.07) is 19.3. The van der Waals surface area contributed by atoms with Gasteiger partial charge in [-0.2, -0.15) is 0 Å². The van der Waals surface area contributed by atoms with Gasteiger partial charge in [-0.15, -0.1) is 0 Å². The molecule has 0 aliphatic heterocycles. The molecule has 0 amide bonds. The Morgan fingerprint density at radius 1 is 0.295 bits per heavy atom. The van der Waals surface area contributed by atoms with Crippen molar-refractivity contribution in [1.29, 1.82) is 0 Å². The first-order valence-electron chi connectivity index (χ1n) is 19.5. The van der Waals surface area contributed by atoms with E-state index in [9.17, 15) is 0 Å². The summed E-state index contributed by atoms with van der Waals surface area (Å²) < 4.78 is 0. The monoisotopic (exact) mass is 595 g/mol. The number of aryl methyl sites for hydroxylation is 2. The first-order valence-corrected chi connectivity index (χ1v) is 19.5. The van der Waals surface area contributed by atoms with Crippen molar-refractivity contribution in [3.05, 3.63) is 59.7 Å². The van der Waals surface area contributed by atoms with E-state index in [1.807, 2.05) is 0 Å². The third kappa shape index (κ3) is 11.1. The summed E-state index contributed by atoms with van der Waals surface area (Å²) in [5, 5.41) is 8.89. The summed E-state index contributed by atoms with van der Waals surface area (Å²) in [6.45, 7) is 4.61. The molecule has 4 aromatic rings. The van der Waals surface area contributed by atoms with Crippen LogP contribution in [0.3, 0.4) is 0 Å². The molecule has 0 N–H and O–H groups in total. The molecule has 0 spiro atoms. The predicted molar refractivity (Wildman–Crippen MR) is 200 cm³/mol. The Morgan fingerprint density at radius 2 is 0.568 bits per heavy atom. The highest BCUT2D eigenvalue weighted by molar-refractivity contribution is 6.24. The molecule has 0 heterocycles. The Hall–Kier alpha value is -2.08. The molecule has 0 radical (unpaired) electrons. The van der Waals surface area contributed by atoms with Crippen LogP contribution in [0.1, 0.15) is 179 Å². The SMILES string of the molecule is CCCCCCCCCCCCCCc1ccc2ccc3c(CCCCCCCCCCCCCC)ccc4ccc1c2c43. The number of benzene rings is 4. The molecule has 44 heavy (non-hydrogen) atoms. The summed E-state index contributed by atoms with van der Waals surface area (Å²) in [4.78, 5) is 0. The molecule has 0 aliphatic carbocycles. The van der Waals surface area contributed by atoms with Crippen molar-refractivity contribution >= 4 is 32.3 Å². The highest BCUT2D eigenvalue weighted by Gasteiger charge is 2.13.